The van der Waals surface area contributed by atoms with Crippen molar-refractivity contribution in [2.24, 2.45) is 5.16 Å². The number of hydrogen-bond acceptors (Lipinski definition) is 2. The van der Waals surface area contributed by atoms with Crippen LogP contribution in [0.25, 0.3) is 0 Å². The first-order chi connectivity index (χ1) is 4.06. The van der Waals surface area contributed by atoms with Gasteiger partial charge in [-0.1, -0.05) is 5.16 Å². The molecule has 2 nitrogen and oxygen atoms in total. The molecule has 0 spiro atoms. The Morgan fingerprint density at radius 2 is 2.11 bits per heavy atom. The fourth-order valence-electron chi connectivity index (χ4n) is 0.185. The third-order valence-corrected chi connectivity index (χ3v) is 0.408. The summed E-state index contributed by atoms with van der Waals surface area (Å²) < 4.78 is 33.5. The lowest BCUT2D eigenvalue weighted by molar-refractivity contribution is -0.173. The first kappa shape index (κ1) is 8.26. The molecule has 0 amide bonds. The molecule has 0 aliphatic rings. The lowest BCUT2D eigenvalue weighted by Crippen LogP contribution is -2.14. The minimum Gasteiger partial charge on any atom is -0.386 e. The minimum atomic E-state index is -4.29. The van der Waals surface area contributed by atoms with Crippen molar-refractivity contribution in [1.82, 2.24) is 0 Å². The second-order valence-electron chi connectivity index (χ2n) is 1.25. The maximum Gasteiger partial charge on any atom is 0.425 e. The van der Waals surface area contributed by atoms with Crippen molar-refractivity contribution < 1.29 is 18.0 Å². The zero-order chi connectivity index (χ0) is 7.33. The third-order valence-electron chi connectivity index (χ3n) is 0.408. The van der Waals surface area contributed by atoms with Gasteiger partial charge in [0, 0.05) is 6.21 Å². The molecule has 0 atom stereocenters. The van der Waals surface area contributed by atoms with Gasteiger partial charge in [-0.3, -0.25) is 0 Å². The van der Waals surface area contributed by atoms with Gasteiger partial charge in [-0.25, -0.2) is 0 Å². The lowest BCUT2D eigenvalue weighted by atomic mass is 10.7. The summed E-state index contributed by atoms with van der Waals surface area (Å²) in [6, 6.07) is 0. The van der Waals surface area contributed by atoms with Crippen molar-refractivity contribution in [3.63, 3.8) is 0 Å². The van der Waals surface area contributed by atoms with E-state index >= 15 is 0 Å². The molecule has 5 heteroatoms. The fraction of sp³-hybridized carbons (Fsp3) is 0.750. The maximum absolute atomic E-state index is 11.2. The molecule has 0 saturated carbocycles. The summed E-state index contributed by atoms with van der Waals surface area (Å²) in [5.74, 6) is 0. The molecule has 54 valence electrons. The lowest BCUT2D eigenvalue weighted by Gasteiger charge is -2.01. The number of rotatable bonds is 2. The normalized spacial score (nSPS) is 12.4. The Balaban J connectivity index is 3.28. The molecule has 0 rings (SSSR count). The summed E-state index contributed by atoms with van der Waals surface area (Å²) >= 11 is 0. The third kappa shape index (κ3) is 7.26. The topological polar surface area (TPSA) is 21.6 Å². The van der Waals surface area contributed by atoms with Crippen molar-refractivity contribution in [2.75, 3.05) is 6.61 Å². The summed E-state index contributed by atoms with van der Waals surface area (Å²) in [6.45, 7) is 0.147. The van der Waals surface area contributed by atoms with Crippen LogP contribution in [0.2, 0.25) is 0 Å². The molecule has 0 saturated heterocycles. The van der Waals surface area contributed by atoms with E-state index in [1.807, 2.05) is 0 Å². The molecule has 0 bridgehead atoms. The Labute approximate surface area is 50.3 Å². The van der Waals surface area contributed by atoms with Crippen molar-refractivity contribution >= 4 is 6.21 Å². The predicted octanol–water partition coefficient (Wildman–Crippen LogP) is 1.57. The summed E-state index contributed by atoms with van der Waals surface area (Å²) in [6.07, 6.45) is -3.14. The van der Waals surface area contributed by atoms with Crippen LogP contribution in [0.3, 0.4) is 0 Å². The highest BCUT2D eigenvalue weighted by molar-refractivity contribution is 5.52. The Hall–Kier alpha value is -0.740. The van der Waals surface area contributed by atoms with Gasteiger partial charge in [0.15, 0.2) is 0 Å². The summed E-state index contributed by atoms with van der Waals surface area (Å²) in [5.41, 5.74) is 0. The molecule has 0 aromatic rings. The average molecular weight is 141 g/mol. The van der Waals surface area contributed by atoms with Crippen LogP contribution in [0.5, 0.6) is 0 Å². The summed E-state index contributed by atoms with van der Waals surface area (Å²) in [4.78, 5) is 3.79. The molecular weight excluding hydrogens is 135 g/mol. The van der Waals surface area contributed by atoms with Crippen LogP contribution in [0.15, 0.2) is 5.16 Å². The monoisotopic (exact) mass is 141 g/mol. The van der Waals surface area contributed by atoms with E-state index in [0.29, 0.717) is 0 Å². The summed E-state index contributed by atoms with van der Waals surface area (Å²) in [7, 11) is 0. The van der Waals surface area contributed by atoms with Crippen LogP contribution in [-0.4, -0.2) is 19.0 Å². The minimum absolute atomic E-state index is 1.14. The first-order valence-corrected chi connectivity index (χ1v) is 2.23. The highest BCUT2D eigenvalue weighted by Gasteiger charge is 2.28. The van der Waals surface area contributed by atoms with Crippen molar-refractivity contribution in [3.05, 3.63) is 0 Å². The highest BCUT2D eigenvalue weighted by Crippen LogP contribution is 2.13. The molecule has 9 heavy (non-hydrogen) atoms. The molecular formula is C4H6F3NO. The second kappa shape index (κ2) is 3.32. The van der Waals surface area contributed by atoms with Crippen molar-refractivity contribution in [2.45, 2.75) is 13.1 Å². The van der Waals surface area contributed by atoms with Crippen molar-refractivity contribution in [3.8, 4) is 0 Å². The second-order valence-corrected chi connectivity index (χ2v) is 1.25. The van der Waals surface area contributed by atoms with E-state index in [2.05, 4.69) is 9.99 Å². The van der Waals surface area contributed by atoms with Crippen molar-refractivity contribution in [1.29, 1.82) is 0 Å². The van der Waals surface area contributed by atoms with Crippen LogP contribution in [-0.2, 0) is 4.84 Å². The van der Waals surface area contributed by atoms with Crippen LogP contribution < -0.4 is 0 Å². The maximum atomic E-state index is 11.2. The number of halogens is 3. The van der Waals surface area contributed by atoms with Gasteiger partial charge in [0.2, 0.25) is 6.61 Å². The van der Waals surface area contributed by atoms with E-state index in [-0.39, 0.29) is 0 Å². The smallest absolute Gasteiger partial charge is 0.386 e. The van der Waals surface area contributed by atoms with Crippen LogP contribution in [0.4, 0.5) is 13.2 Å². The SMILES string of the molecule is C/C=N/OCC(F)(F)F. The number of oxime groups is 1. The summed E-state index contributed by atoms with van der Waals surface area (Å²) in [5, 5.41) is 2.91. The zero-order valence-electron chi connectivity index (χ0n) is 4.77. The Bertz CT molecular complexity index is 98.5. The van der Waals surface area contributed by atoms with Gasteiger partial charge in [-0.05, 0) is 6.92 Å². The average Bonchev–Trinajstić information content (AvgIpc) is 1.63. The van der Waals surface area contributed by atoms with E-state index in [1.165, 1.54) is 6.92 Å². The predicted molar refractivity (Wildman–Crippen MR) is 26.2 cm³/mol. The van der Waals surface area contributed by atoms with Crippen LogP contribution in [0.1, 0.15) is 6.92 Å². The molecule has 0 aliphatic carbocycles. The molecule has 0 aliphatic heterocycles. The van der Waals surface area contributed by atoms with Crippen LogP contribution in [0, 0.1) is 0 Å². The van der Waals surface area contributed by atoms with Gasteiger partial charge in [-0.15, -0.1) is 0 Å². The van der Waals surface area contributed by atoms with Gasteiger partial charge in [0.1, 0.15) is 0 Å². The molecule has 0 unspecified atom stereocenters. The molecule has 0 N–H and O–H groups in total. The van der Waals surface area contributed by atoms with Gasteiger partial charge in [0.05, 0.1) is 0 Å². The van der Waals surface area contributed by atoms with E-state index in [9.17, 15) is 13.2 Å². The van der Waals surface area contributed by atoms with E-state index in [0.717, 1.165) is 6.21 Å². The quantitative estimate of drug-likeness (QED) is 0.422. The Morgan fingerprint density at radius 3 is 2.44 bits per heavy atom. The fourth-order valence-corrected chi connectivity index (χ4v) is 0.185. The Morgan fingerprint density at radius 1 is 1.56 bits per heavy atom. The standard InChI is InChI=1S/C4H6F3NO/c1-2-8-9-3-4(5,6)7/h2H,3H2,1H3/b8-2+. The van der Waals surface area contributed by atoms with Crippen LogP contribution >= 0.6 is 0 Å². The largest absolute Gasteiger partial charge is 0.425 e. The number of alkyl halides is 3. The number of nitrogens with zero attached hydrogens (tertiary/aromatic N) is 1. The van der Waals surface area contributed by atoms with Gasteiger partial charge < -0.3 is 4.84 Å². The van der Waals surface area contributed by atoms with Gasteiger partial charge >= 0.3 is 6.18 Å². The molecule has 0 aromatic carbocycles. The number of hydrogen-bond donors (Lipinski definition) is 0. The van der Waals surface area contributed by atoms with Gasteiger partial charge in [-0.2, -0.15) is 13.2 Å². The molecule has 0 fully saturated rings. The highest BCUT2D eigenvalue weighted by atomic mass is 19.4. The van der Waals surface area contributed by atoms with E-state index < -0.39 is 12.8 Å². The van der Waals surface area contributed by atoms with Gasteiger partial charge in [0.25, 0.3) is 0 Å². The first-order valence-electron chi connectivity index (χ1n) is 2.23. The molecule has 0 heterocycles. The van der Waals surface area contributed by atoms with E-state index in [1.54, 1.807) is 0 Å². The Kier molecular flexibility index (Phi) is 3.05. The molecule has 0 aromatic heterocycles. The zero-order valence-corrected chi connectivity index (χ0v) is 4.77. The molecule has 0 radical (unpaired) electrons. The van der Waals surface area contributed by atoms with E-state index in [4.69, 9.17) is 0 Å².